The normalized spacial score (nSPS) is 24.7. The average molecular weight is 289 g/mol. The fourth-order valence-electron chi connectivity index (χ4n) is 3.40. The van der Waals surface area contributed by atoms with Gasteiger partial charge in [-0.05, 0) is 43.6 Å². The summed E-state index contributed by atoms with van der Waals surface area (Å²) in [6.07, 6.45) is 10.8. The van der Waals surface area contributed by atoms with E-state index < -0.39 is 0 Å². The van der Waals surface area contributed by atoms with E-state index in [2.05, 4.69) is 61.8 Å². The first kappa shape index (κ1) is 16.3. The maximum absolute atomic E-state index is 4.15. The van der Waals surface area contributed by atoms with Gasteiger partial charge in [0.05, 0.1) is 6.33 Å². The van der Waals surface area contributed by atoms with E-state index in [-0.39, 0.29) is 5.41 Å². The van der Waals surface area contributed by atoms with Crippen LogP contribution in [-0.4, -0.2) is 22.1 Å². The quantitative estimate of drug-likeness (QED) is 0.834. The van der Waals surface area contributed by atoms with Crippen molar-refractivity contribution in [2.45, 2.75) is 60.0 Å². The zero-order valence-corrected chi connectivity index (χ0v) is 14.3. The largest absolute Gasteiger partial charge is 0.336 e. The number of hydrogen-bond acceptors (Lipinski definition) is 2. The van der Waals surface area contributed by atoms with Crippen LogP contribution in [0.15, 0.2) is 30.4 Å². The maximum atomic E-state index is 4.15. The van der Waals surface area contributed by atoms with Gasteiger partial charge in [0.25, 0.3) is 0 Å². The molecule has 3 heteroatoms. The Morgan fingerprint density at radius 1 is 1.43 bits per heavy atom. The summed E-state index contributed by atoms with van der Waals surface area (Å²) in [5.74, 6) is 1.50. The van der Waals surface area contributed by atoms with E-state index in [0.29, 0.717) is 6.04 Å². The minimum Gasteiger partial charge on any atom is -0.336 e. The van der Waals surface area contributed by atoms with Crippen molar-refractivity contribution in [2.24, 2.45) is 17.3 Å². The van der Waals surface area contributed by atoms with E-state index >= 15 is 0 Å². The summed E-state index contributed by atoms with van der Waals surface area (Å²) in [6, 6.07) is 0.466. The van der Waals surface area contributed by atoms with Crippen LogP contribution in [0.25, 0.3) is 0 Å². The number of hydrogen-bond donors (Lipinski definition) is 1. The van der Waals surface area contributed by atoms with Gasteiger partial charge in [0, 0.05) is 25.0 Å². The first-order valence-electron chi connectivity index (χ1n) is 8.21. The highest BCUT2D eigenvalue weighted by atomic mass is 15.1. The van der Waals surface area contributed by atoms with E-state index in [4.69, 9.17) is 0 Å². The van der Waals surface area contributed by atoms with Crippen LogP contribution in [0.4, 0.5) is 0 Å². The Kier molecular flexibility index (Phi) is 5.26. The number of nitrogens with one attached hydrogen (secondary N) is 1. The molecule has 0 radical (unpaired) electrons. The van der Waals surface area contributed by atoms with Gasteiger partial charge in [-0.2, -0.15) is 0 Å². The highest BCUT2D eigenvalue weighted by Crippen LogP contribution is 2.28. The standard InChI is InChI=1S/C18H31N3/c1-14-8-15(2)10-16(9-14)11-20-17(18(3,4)5)12-21-7-6-19-13-21/h6-8,13-14,16-17,20H,9-12H2,1-5H3. The van der Waals surface area contributed by atoms with E-state index in [9.17, 15) is 0 Å². The second-order valence-corrected chi connectivity index (χ2v) is 7.88. The van der Waals surface area contributed by atoms with Crippen molar-refractivity contribution in [3.63, 3.8) is 0 Å². The lowest BCUT2D eigenvalue weighted by atomic mass is 9.82. The Balaban J connectivity index is 1.92. The molecule has 2 rings (SSSR count). The molecule has 21 heavy (non-hydrogen) atoms. The zero-order chi connectivity index (χ0) is 15.5. The summed E-state index contributed by atoms with van der Waals surface area (Å²) < 4.78 is 2.18. The molecular formula is C18H31N3. The molecular weight excluding hydrogens is 258 g/mol. The third kappa shape index (κ3) is 4.99. The van der Waals surface area contributed by atoms with Gasteiger partial charge in [-0.25, -0.2) is 4.98 Å². The molecule has 0 bridgehead atoms. The summed E-state index contributed by atoms with van der Waals surface area (Å²) >= 11 is 0. The Labute approximate surface area is 129 Å². The van der Waals surface area contributed by atoms with Crippen LogP contribution < -0.4 is 5.32 Å². The number of rotatable bonds is 5. The molecule has 0 saturated carbocycles. The van der Waals surface area contributed by atoms with Gasteiger partial charge < -0.3 is 9.88 Å². The van der Waals surface area contributed by atoms with Gasteiger partial charge in [0.1, 0.15) is 0 Å². The van der Waals surface area contributed by atoms with Crippen molar-refractivity contribution >= 4 is 0 Å². The van der Waals surface area contributed by atoms with Crippen LogP contribution in [0.2, 0.25) is 0 Å². The lowest BCUT2D eigenvalue weighted by Gasteiger charge is -2.34. The van der Waals surface area contributed by atoms with Crippen LogP contribution in [-0.2, 0) is 6.54 Å². The average Bonchev–Trinajstić information content (AvgIpc) is 2.84. The lowest BCUT2D eigenvalue weighted by molar-refractivity contribution is 0.225. The molecule has 0 aliphatic heterocycles. The Hall–Kier alpha value is -1.09. The van der Waals surface area contributed by atoms with Crippen LogP contribution in [0.5, 0.6) is 0 Å². The summed E-state index contributed by atoms with van der Waals surface area (Å²) in [5.41, 5.74) is 1.80. The fourth-order valence-corrected chi connectivity index (χ4v) is 3.40. The molecule has 0 saturated heterocycles. The molecule has 1 aliphatic carbocycles. The third-order valence-electron chi connectivity index (χ3n) is 4.54. The molecule has 1 aromatic heterocycles. The number of aromatic nitrogens is 2. The first-order chi connectivity index (χ1) is 9.84. The molecule has 118 valence electrons. The number of imidazole rings is 1. The van der Waals surface area contributed by atoms with Crippen molar-refractivity contribution in [3.05, 3.63) is 30.4 Å². The van der Waals surface area contributed by atoms with E-state index in [0.717, 1.165) is 24.9 Å². The van der Waals surface area contributed by atoms with Crippen molar-refractivity contribution in [1.82, 2.24) is 14.9 Å². The monoisotopic (exact) mass is 289 g/mol. The highest BCUT2D eigenvalue weighted by Gasteiger charge is 2.26. The number of nitrogens with zero attached hydrogens (tertiary/aromatic N) is 2. The Morgan fingerprint density at radius 2 is 2.19 bits per heavy atom. The van der Waals surface area contributed by atoms with Gasteiger partial charge >= 0.3 is 0 Å². The molecule has 1 heterocycles. The van der Waals surface area contributed by atoms with Gasteiger partial charge in [-0.15, -0.1) is 0 Å². The molecule has 1 aromatic rings. The Morgan fingerprint density at radius 3 is 2.76 bits per heavy atom. The van der Waals surface area contributed by atoms with E-state index in [1.807, 2.05) is 12.5 Å². The minimum atomic E-state index is 0.245. The van der Waals surface area contributed by atoms with E-state index in [1.54, 1.807) is 5.57 Å². The molecule has 0 spiro atoms. The fraction of sp³-hybridized carbons (Fsp3) is 0.722. The predicted molar refractivity (Wildman–Crippen MR) is 89.1 cm³/mol. The van der Waals surface area contributed by atoms with Crippen LogP contribution >= 0.6 is 0 Å². The van der Waals surface area contributed by atoms with Crippen LogP contribution in [0, 0.1) is 17.3 Å². The summed E-state index contributed by atoms with van der Waals surface area (Å²) in [7, 11) is 0. The van der Waals surface area contributed by atoms with Gasteiger partial charge in [0.15, 0.2) is 0 Å². The van der Waals surface area contributed by atoms with Gasteiger partial charge in [0.2, 0.25) is 0 Å². The molecule has 3 nitrogen and oxygen atoms in total. The highest BCUT2D eigenvalue weighted by molar-refractivity contribution is 5.06. The molecule has 0 amide bonds. The number of allylic oxidation sites excluding steroid dienone is 2. The molecule has 1 N–H and O–H groups in total. The van der Waals surface area contributed by atoms with Gasteiger partial charge in [-0.3, -0.25) is 0 Å². The van der Waals surface area contributed by atoms with Crippen molar-refractivity contribution < 1.29 is 0 Å². The third-order valence-corrected chi connectivity index (χ3v) is 4.54. The smallest absolute Gasteiger partial charge is 0.0946 e. The Bertz CT molecular complexity index is 453. The van der Waals surface area contributed by atoms with Crippen LogP contribution in [0.1, 0.15) is 47.5 Å². The minimum absolute atomic E-state index is 0.245. The second kappa shape index (κ2) is 6.78. The van der Waals surface area contributed by atoms with Crippen LogP contribution in [0.3, 0.4) is 0 Å². The predicted octanol–water partition coefficient (Wildman–Crippen LogP) is 3.88. The van der Waals surface area contributed by atoms with Crippen molar-refractivity contribution in [3.8, 4) is 0 Å². The van der Waals surface area contributed by atoms with E-state index in [1.165, 1.54) is 12.8 Å². The summed E-state index contributed by atoms with van der Waals surface area (Å²) in [5, 5.41) is 3.83. The van der Waals surface area contributed by atoms with Gasteiger partial charge in [-0.1, -0.05) is 39.3 Å². The first-order valence-corrected chi connectivity index (χ1v) is 8.21. The van der Waals surface area contributed by atoms with Crippen molar-refractivity contribution in [1.29, 1.82) is 0 Å². The molecule has 3 atom stereocenters. The molecule has 3 unspecified atom stereocenters. The summed E-state index contributed by atoms with van der Waals surface area (Å²) in [6.45, 7) is 13.7. The SMILES string of the molecule is CC1=CC(C)CC(CNC(Cn2ccnc2)C(C)(C)C)C1. The zero-order valence-electron chi connectivity index (χ0n) is 14.3. The second-order valence-electron chi connectivity index (χ2n) is 7.88. The maximum Gasteiger partial charge on any atom is 0.0946 e. The molecule has 1 aliphatic rings. The molecule has 0 aromatic carbocycles. The topological polar surface area (TPSA) is 29.9 Å². The van der Waals surface area contributed by atoms with Crippen molar-refractivity contribution in [2.75, 3.05) is 6.54 Å². The lowest BCUT2D eigenvalue weighted by Crippen LogP contribution is -2.45. The summed E-state index contributed by atoms with van der Waals surface area (Å²) in [4.78, 5) is 4.15. The molecule has 0 fully saturated rings.